The van der Waals surface area contributed by atoms with Gasteiger partial charge in [-0.05, 0) is 74.6 Å². The van der Waals surface area contributed by atoms with Crippen LogP contribution in [0.3, 0.4) is 0 Å². The van der Waals surface area contributed by atoms with Crippen molar-refractivity contribution in [3.8, 4) is 0 Å². The quantitative estimate of drug-likeness (QED) is 0.272. The Morgan fingerprint density at radius 1 is 1.05 bits per heavy atom. The first-order valence-electron chi connectivity index (χ1n) is 13.3. The molecule has 0 bridgehead atoms. The van der Waals surface area contributed by atoms with Gasteiger partial charge in [-0.3, -0.25) is 9.59 Å². The molecule has 230 valence electrons. The van der Waals surface area contributed by atoms with Gasteiger partial charge in [-0.1, -0.05) is 12.1 Å². The number of nitrogens with one attached hydrogen (secondary N) is 1. The van der Waals surface area contributed by atoms with Crippen LogP contribution >= 0.6 is 11.6 Å². The van der Waals surface area contributed by atoms with Gasteiger partial charge in [0.1, 0.15) is 11.7 Å². The zero-order valence-corrected chi connectivity index (χ0v) is 23.7. The van der Waals surface area contributed by atoms with Crippen molar-refractivity contribution in [2.75, 3.05) is 12.4 Å². The summed E-state index contributed by atoms with van der Waals surface area (Å²) in [6, 6.07) is 6.31. The maximum atomic E-state index is 13.8. The molecule has 1 unspecified atom stereocenters. The van der Waals surface area contributed by atoms with Gasteiger partial charge < -0.3 is 15.0 Å². The minimum Gasteiger partial charge on any atom is -0.368 e. The molecule has 13 heteroatoms. The summed E-state index contributed by atoms with van der Waals surface area (Å²) in [5.74, 6) is -2.33. The summed E-state index contributed by atoms with van der Waals surface area (Å²) in [6.07, 6.45) is -11.6. The van der Waals surface area contributed by atoms with Crippen LogP contribution in [0, 0.1) is 11.7 Å². The largest absolute Gasteiger partial charge is 0.416 e. The molecule has 5 atom stereocenters. The molecule has 4 rings (SSSR count). The Labute approximate surface area is 243 Å². The van der Waals surface area contributed by atoms with E-state index in [4.69, 9.17) is 16.3 Å². The van der Waals surface area contributed by atoms with Gasteiger partial charge in [0, 0.05) is 30.5 Å². The molecule has 2 amide bonds. The zero-order valence-electron chi connectivity index (χ0n) is 23.0. The van der Waals surface area contributed by atoms with Crippen molar-refractivity contribution in [1.29, 1.82) is 0 Å². The highest BCUT2D eigenvalue weighted by Crippen LogP contribution is 2.46. The second-order valence-electron chi connectivity index (χ2n) is 11.4. The molecular weight excluding hydrogens is 593 g/mol. The van der Waals surface area contributed by atoms with Crippen LogP contribution in [0.4, 0.5) is 30.7 Å². The van der Waals surface area contributed by atoms with Crippen molar-refractivity contribution in [3.63, 3.8) is 0 Å². The molecule has 5 nitrogen and oxygen atoms in total. The first-order valence-corrected chi connectivity index (χ1v) is 13.8. The van der Waals surface area contributed by atoms with Crippen LogP contribution in [0.1, 0.15) is 67.9 Å². The standard InChI is InChI=1S/C29H30ClF7N2O3/c1-15(17-8-19(28(32,33)34)10-20(9-17)29(35,36)37)42-23-14-39-22(26(23)16-4-6-21(31)7-5-16)11-18(12-25(39)41)27(2,3)38-24(40)13-30/h4-10,15,18,22-23,26H,11-14H2,1-3H3,(H,38,40)/t15-,18?,22+,23+,26+/m1/s1. The number of ether oxygens (including phenoxy) is 1. The van der Waals surface area contributed by atoms with Gasteiger partial charge in [0.25, 0.3) is 0 Å². The first kappa shape index (κ1) is 32.1. The summed E-state index contributed by atoms with van der Waals surface area (Å²) in [6.45, 7) is 4.93. The molecule has 2 aliphatic rings. The molecule has 2 aromatic rings. The minimum absolute atomic E-state index is 0.0299. The van der Waals surface area contributed by atoms with E-state index in [0.29, 0.717) is 24.1 Å². The molecule has 2 saturated heterocycles. The average Bonchev–Trinajstić information content (AvgIpc) is 3.26. The number of carbonyl (C=O) groups excluding carboxylic acids is 2. The normalized spacial score (nSPS) is 24.0. The molecule has 42 heavy (non-hydrogen) atoms. The lowest BCUT2D eigenvalue weighted by Crippen LogP contribution is -2.55. The first-order chi connectivity index (χ1) is 19.4. The SMILES string of the molecule is C[C@@H](O[C@H]1CN2C(=O)CC(C(C)(C)NC(=O)CCl)C[C@H]2[C@@H]1c1ccc(F)cc1)c1cc(C(F)(F)F)cc(C(F)(F)F)c1. The predicted molar refractivity (Wildman–Crippen MR) is 140 cm³/mol. The summed E-state index contributed by atoms with van der Waals surface area (Å²) in [4.78, 5) is 27.0. The smallest absolute Gasteiger partial charge is 0.368 e. The lowest BCUT2D eigenvalue weighted by Gasteiger charge is -2.43. The number of piperidine rings is 1. The number of amides is 2. The molecule has 2 aliphatic heterocycles. The number of hydrogen-bond donors (Lipinski definition) is 1. The third-order valence-corrected chi connectivity index (χ3v) is 8.42. The molecule has 2 heterocycles. The fraction of sp³-hybridized carbons (Fsp3) is 0.517. The number of fused-ring (bicyclic) bond motifs is 1. The van der Waals surface area contributed by atoms with Crippen LogP contribution in [-0.4, -0.2) is 46.8 Å². The van der Waals surface area contributed by atoms with Gasteiger partial charge in [-0.15, -0.1) is 11.6 Å². The Morgan fingerprint density at radius 2 is 1.62 bits per heavy atom. The highest BCUT2D eigenvalue weighted by molar-refractivity contribution is 6.27. The zero-order chi connectivity index (χ0) is 31.2. The van der Waals surface area contributed by atoms with Crippen LogP contribution in [0.5, 0.6) is 0 Å². The lowest BCUT2D eigenvalue weighted by atomic mass is 9.74. The van der Waals surface area contributed by atoms with Gasteiger partial charge in [0.15, 0.2) is 0 Å². The third kappa shape index (κ3) is 6.85. The maximum absolute atomic E-state index is 13.8. The fourth-order valence-electron chi connectivity index (χ4n) is 6.00. The predicted octanol–water partition coefficient (Wildman–Crippen LogP) is 6.85. The summed E-state index contributed by atoms with van der Waals surface area (Å²) in [5.41, 5.74) is -3.47. The van der Waals surface area contributed by atoms with E-state index in [1.54, 1.807) is 18.7 Å². The van der Waals surface area contributed by atoms with E-state index in [-0.39, 0.29) is 42.3 Å². The Kier molecular flexibility index (Phi) is 8.91. The van der Waals surface area contributed by atoms with Crippen molar-refractivity contribution >= 4 is 23.4 Å². The molecule has 0 saturated carbocycles. The van der Waals surface area contributed by atoms with Crippen LogP contribution in [-0.2, 0) is 26.7 Å². The number of alkyl halides is 7. The number of halogens is 8. The number of nitrogens with zero attached hydrogens (tertiary/aromatic N) is 1. The molecule has 0 spiro atoms. The van der Waals surface area contributed by atoms with E-state index in [9.17, 15) is 40.3 Å². The van der Waals surface area contributed by atoms with Gasteiger partial charge >= 0.3 is 12.4 Å². The molecule has 2 aromatic carbocycles. The van der Waals surface area contributed by atoms with Gasteiger partial charge in [0.2, 0.25) is 11.8 Å². The second kappa shape index (κ2) is 11.7. The van der Waals surface area contributed by atoms with E-state index in [1.807, 2.05) is 0 Å². The van der Waals surface area contributed by atoms with E-state index < -0.39 is 64.9 Å². The number of hydrogen-bond acceptors (Lipinski definition) is 3. The minimum atomic E-state index is -5.02. The lowest BCUT2D eigenvalue weighted by molar-refractivity contribution is -0.143. The highest BCUT2D eigenvalue weighted by Gasteiger charge is 2.52. The maximum Gasteiger partial charge on any atom is 0.416 e. The van der Waals surface area contributed by atoms with E-state index in [2.05, 4.69) is 5.32 Å². The Bertz CT molecular complexity index is 1280. The molecule has 0 radical (unpaired) electrons. The third-order valence-electron chi connectivity index (χ3n) is 8.18. The Morgan fingerprint density at radius 3 is 2.14 bits per heavy atom. The van der Waals surface area contributed by atoms with E-state index in [1.165, 1.54) is 31.2 Å². The second-order valence-corrected chi connectivity index (χ2v) is 11.7. The molecule has 1 N–H and O–H groups in total. The summed E-state index contributed by atoms with van der Waals surface area (Å²) < 4.78 is 101. The summed E-state index contributed by atoms with van der Waals surface area (Å²) in [5, 5.41) is 2.83. The van der Waals surface area contributed by atoms with Crippen molar-refractivity contribution < 1.29 is 45.1 Å². The van der Waals surface area contributed by atoms with E-state index in [0.717, 1.165) is 0 Å². The summed E-state index contributed by atoms with van der Waals surface area (Å²) >= 11 is 5.66. The van der Waals surface area contributed by atoms with Crippen molar-refractivity contribution in [2.24, 2.45) is 5.92 Å². The van der Waals surface area contributed by atoms with Crippen molar-refractivity contribution in [1.82, 2.24) is 10.2 Å². The molecule has 2 fully saturated rings. The van der Waals surface area contributed by atoms with Crippen molar-refractivity contribution in [3.05, 3.63) is 70.5 Å². The summed E-state index contributed by atoms with van der Waals surface area (Å²) in [7, 11) is 0. The van der Waals surface area contributed by atoms with Crippen LogP contribution in [0.25, 0.3) is 0 Å². The molecular formula is C29H30ClF7N2O3. The average molecular weight is 623 g/mol. The van der Waals surface area contributed by atoms with Crippen LogP contribution in [0.15, 0.2) is 42.5 Å². The number of benzene rings is 2. The number of carbonyl (C=O) groups is 2. The van der Waals surface area contributed by atoms with Gasteiger partial charge in [-0.25, -0.2) is 4.39 Å². The van der Waals surface area contributed by atoms with Gasteiger partial charge in [0.05, 0.1) is 23.3 Å². The molecule has 0 aromatic heterocycles. The fourth-order valence-corrected chi connectivity index (χ4v) is 6.06. The number of rotatable bonds is 7. The van der Waals surface area contributed by atoms with Gasteiger partial charge in [-0.2, -0.15) is 26.3 Å². The Balaban J connectivity index is 1.69. The van der Waals surface area contributed by atoms with Crippen LogP contribution in [0.2, 0.25) is 0 Å². The highest BCUT2D eigenvalue weighted by atomic mass is 35.5. The molecule has 0 aliphatic carbocycles. The van der Waals surface area contributed by atoms with Crippen molar-refractivity contribution in [2.45, 2.75) is 75.7 Å². The van der Waals surface area contributed by atoms with Crippen LogP contribution < -0.4 is 5.32 Å². The van der Waals surface area contributed by atoms with E-state index >= 15 is 0 Å². The monoisotopic (exact) mass is 622 g/mol. The Hall–Kier alpha value is -2.86. The topological polar surface area (TPSA) is 58.6 Å².